The average Bonchev–Trinajstić information content (AvgIpc) is 3.29. The molecule has 0 atom stereocenters. The number of carbonyl (C=O) groups is 1. The number of rotatable bonds is 7. The predicted octanol–water partition coefficient (Wildman–Crippen LogP) is 4.65. The van der Waals surface area contributed by atoms with Gasteiger partial charge in [0.05, 0.1) is 16.2 Å². The van der Waals surface area contributed by atoms with Crippen LogP contribution in [0.2, 0.25) is 0 Å². The summed E-state index contributed by atoms with van der Waals surface area (Å²) in [5.41, 5.74) is 3.78. The van der Waals surface area contributed by atoms with Crippen LogP contribution in [0.25, 0.3) is 21.8 Å². The number of nitrogens with zero attached hydrogens (tertiary/aromatic N) is 1. The first kappa shape index (κ1) is 20.9. The van der Waals surface area contributed by atoms with E-state index in [1.54, 1.807) is 11.3 Å². The van der Waals surface area contributed by atoms with Gasteiger partial charge in [0.1, 0.15) is 5.01 Å². The number of aromatic carboxylic acids is 1. The van der Waals surface area contributed by atoms with Gasteiger partial charge in [-0.1, -0.05) is 54.6 Å². The number of hydrogen-bond donors (Lipinski definition) is 2. The quantitative estimate of drug-likeness (QED) is 0.427. The Morgan fingerprint density at radius 3 is 2.23 bits per heavy atom. The molecular weight excluding hydrogens is 432 g/mol. The molecule has 8 heteroatoms. The Bertz CT molecular complexity index is 1300. The van der Waals surface area contributed by atoms with Gasteiger partial charge in [-0.05, 0) is 29.8 Å². The van der Waals surface area contributed by atoms with E-state index in [4.69, 9.17) is 5.11 Å². The van der Waals surface area contributed by atoms with Crippen molar-refractivity contribution in [2.24, 2.45) is 0 Å². The standard InChI is InChI=1S/C23H18N2O4S2/c26-23(27)19-10-12-20(13-11-19)31(28,29)24-14-16-6-8-18(9-7-16)22-25-21(15-30-22)17-4-2-1-3-5-17/h1-13,15,24H,14H2,(H,26,27). The molecule has 31 heavy (non-hydrogen) atoms. The molecule has 0 fully saturated rings. The minimum Gasteiger partial charge on any atom is -0.478 e. The fraction of sp³-hybridized carbons (Fsp3) is 0.0435. The smallest absolute Gasteiger partial charge is 0.335 e. The van der Waals surface area contributed by atoms with Gasteiger partial charge in [0, 0.05) is 23.1 Å². The van der Waals surface area contributed by atoms with E-state index in [-0.39, 0.29) is 17.0 Å². The highest BCUT2D eigenvalue weighted by atomic mass is 32.2. The van der Waals surface area contributed by atoms with Crippen molar-refractivity contribution in [3.63, 3.8) is 0 Å². The number of aromatic nitrogens is 1. The van der Waals surface area contributed by atoms with Crippen LogP contribution < -0.4 is 4.72 Å². The lowest BCUT2D eigenvalue weighted by molar-refractivity contribution is 0.0696. The van der Waals surface area contributed by atoms with Crippen molar-refractivity contribution in [1.29, 1.82) is 0 Å². The molecule has 0 radical (unpaired) electrons. The number of benzene rings is 3. The normalized spacial score (nSPS) is 11.4. The van der Waals surface area contributed by atoms with Gasteiger partial charge in [-0.15, -0.1) is 11.3 Å². The molecule has 0 bridgehead atoms. The molecule has 0 aliphatic rings. The summed E-state index contributed by atoms with van der Waals surface area (Å²) < 4.78 is 27.4. The summed E-state index contributed by atoms with van der Waals surface area (Å²) in [5, 5.41) is 11.8. The van der Waals surface area contributed by atoms with Crippen molar-refractivity contribution in [2.45, 2.75) is 11.4 Å². The number of sulfonamides is 1. The zero-order valence-electron chi connectivity index (χ0n) is 16.2. The van der Waals surface area contributed by atoms with E-state index in [9.17, 15) is 13.2 Å². The molecule has 3 aromatic carbocycles. The molecule has 156 valence electrons. The first-order chi connectivity index (χ1) is 14.9. The summed E-state index contributed by atoms with van der Waals surface area (Å²) in [5.74, 6) is -1.10. The van der Waals surface area contributed by atoms with Crippen LogP contribution in [0.15, 0.2) is 89.1 Å². The Balaban J connectivity index is 1.43. The van der Waals surface area contributed by atoms with Crippen LogP contribution in [0, 0.1) is 0 Å². The molecule has 0 saturated heterocycles. The van der Waals surface area contributed by atoms with Crippen molar-refractivity contribution in [3.8, 4) is 21.8 Å². The summed E-state index contributed by atoms with van der Waals surface area (Å²) in [4.78, 5) is 15.6. The lowest BCUT2D eigenvalue weighted by Gasteiger charge is -2.08. The van der Waals surface area contributed by atoms with Gasteiger partial charge in [0.2, 0.25) is 10.0 Å². The molecule has 1 aromatic heterocycles. The highest BCUT2D eigenvalue weighted by Gasteiger charge is 2.15. The number of carboxylic acids is 1. The molecule has 4 rings (SSSR count). The number of thiazole rings is 1. The first-order valence-corrected chi connectivity index (χ1v) is 11.7. The summed E-state index contributed by atoms with van der Waals surface area (Å²) in [6, 6.07) is 22.6. The maximum Gasteiger partial charge on any atom is 0.335 e. The Hall–Kier alpha value is -3.33. The molecule has 0 unspecified atom stereocenters. The van der Waals surface area contributed by atoms with E-state index in [2.05, 4.69) is 9.71 Å². The van der Waals surface area contributed by atoms with E-state index in [0.29, 0.717) is 0 Å². The maximum atomic E-state index is 12.4. The third-order valence-corrected chi connectivity index (χ3v) is 6.96. The topological polar surface area (TPSA) is 96.4 Å². The second-order valence-electron chi connectivity index (χ2n) is 6.75. The Kier molecular flexibility index (Phi) is 5.94. The second kappa shape index (κ2) is 8.81. The summed E-state index contributed by atoms with van der Waals surface area (Å²) in [7, 11) is -3.74. The molecular formula is C23H18N2O4S2. The largest absolute Gasteiger partial charge is 0.478 e. The van der Waals surface area contributed by atoms with Gasteiger partial charge < -0.3 is 5.11 Å². The molecule has 1 heterocycles. The lowest BCUT2D eigenvalue weighted by Crippen LogP contribution is -2.23. The average molecular weight is 451 g/mol. The third-order valence-electron chi connectivity index (χ3n) is 4.65. The fourth-order valence-corrected chi connectivity index (χ4v) is 4.80. The molecule has 0 aliphatic carbocycles. The second-order valence-corrected chi connectivity index (χ2v) is 9.38. The third kappa shape index (κ3) is 4.88. The van der Waals surface area contributed by atoms with Crippen molar-refractivity contribution >= 4 is 27.3 Å². The Labute approximate surface area is 183 Å². The van der Waals surface area contributed by atoms with Gasteiger partial charge in [-0.25, -0.2) is 22.9 Å². The lowest BCUT2D eigenvalue weighted by atomic mass is 10.1. The van der Waals surface area contributed by atoms with Gasteiger partial charge in [0.25, 0.3) is 0 Å². The van der Waals surface area contributed by atoms with Crippen molar-refractivity contribution in [3.05, 3.63) is 95.4 Å². The van der Waals surface area contributed by atoms with Gasteiger partial charge in [-0.2, -0.15) is 0 Å². The monoisotopic (exact) mass is 450 g/mol. The summed E-state index contributed by atoms with van der Waals surface area (Å²) in [6.45, 7) is 0.121. The zero-order valence-corrected chi connectivity index (χ0v) is 17.9. The van der Waals surface area contributed by atoms with Gasteiger partial charge >= 0.3 is 5.97 Å². The molecule has 2 N–H and O–H groups in total. The number of hydrogen-bond acceptors (Lipinski definition) is 5. The zero-order chi connectivity index (χ0) is 21.8. The van der Waals surface area contributed by atoms with Crippen LogP contribution in [0.4, 0.5) is 0 Å². The molecule has 6 nitrogen and oxygen atoms in total. The molecule has 4 aromatic rings. The summed E-state index contributed by atoms with van der Waals surface area (Å²) in [6.07, 6.45) is 0. The highest BCUT2D eigenvalue weighted by Crippen LogP contribution is 2.29. The Morgan fingerprint density at radius 1 is 0.903 bits per heavy atom. The van der Waals surface area contributed by atoms with Crippen molar-refractivity contribution in [2.75, 3.05) is 0 Å². The fourth-order valence-electron chi connectivity index (χ4n) is 2.95. The predicted molar refractivity (Wildman–Crippen MR) is 120 cm³/mol. The Morgan fingerprint density at radius 2 is 1.58 bits per heavy atom. The highest BCUT2D eigenvalue weighted by molar-refractivity contribution is 7.89. The van der Waals surface area contributed by atoms with Crippen LogP contribution in [0.1, 0.15) is 15.9 Å². The minimum absolute atomic E-state index is 0.0188. The molecule has 0 aliphatic heterocycles. The SMILES string of the molecule is O=C(O)c1ccc(S(=O)(=O)NCc2ccc(-c3nc(-c4ccccc4)cs3)cc2)cc1. The van der Waals surface area contributed by atoms with Crippen LogP contribution >= 0.6 is 11.3 Å². The minimum atomic E-state index is -3.74. The van der Waals surface area contributed by atoms with Crippen LogP contribution in [-0.4, -0.2) is 24.5 Å². The molecule has 0 spiro atoms. The van der Waals surface area contributed by atoms with E-state index >= 15 is 0 Å². The van der Waals surface area contributed by atoms with Crippen LogP contribution in [0.5, 0.6) is 0 Å². The van der Waals surface area contributed by atoms with E-state index in [1.165, 1.54) is 24.3 Å². The molecule has 0 amide bonds. The van der Waals surface area contributed by atoms with E-state index in [1.807, 2.05) is 60.0 Å². The maximum absolute atomic E-state index is 12.4. The first-order valence-electron chi connectivity index (χ1n) is 9.36. The number of nitrogens with one attached hydrogen (secondary N) is 1. The molecule has 0 saturated carbocycles. The van der Waals surface area contributed by atoms with E-state index < -0.39 is 16.0 Å². The van der Waals surface area contributed by atoms with Crippen LogP contribution in [-0.2, 0) is 16.6 Å². The van der Waals surface area contributed by atoms with Gasteiger partial charge in [-0.3, -0.25) is 0 Å². The van der Waals surface area contributed by atoms with Crippen molar-refractivity contribution in [1.82, 2.24) is 9.71 Å². The number of carboxylic acid groups (broad SMARTS) is 1. The summed E-state index contributed by atoms with van der Waals surface area (Å²) >= 11 is 1.56. The van der Waals surface area contributed by atoms with Crippen molar-refractivity contribution < 1.29 is 18.3 Å². The van der Waals surface area contributed by atoms with Crippen LogP contribution in [0.3, 0.4) is 0 Å². The van der Waals surface area contributed by atoms with E-state index in [0.717, 1.165) is 27.4 Å². The van der Waals surface area contributed by atoms with Gasteiger partial charge in [0.15, 0.2) is 0 Å².